The highest BCUT2D eigenvalue weighted by molar-refractivity contribution is 5.82. The Bertz CT molecular complexity index is 408. The van der Waals surface area contributed by atoms with E-state index in [1.807, 2.05) is 19.2 Å². The Morgan fingerprint density at radius 2 is 2.29 bits per heavy atom. The molecule has 0 amide bonds. The topological polar surface area (TPSA) is 37.0 Å². The van der Waals surface area contributed by atoms with Crippen LogP contribution in [0.1, 0.15) is 12.5 Å². The number of hydroxylamine groups is 1. The molecule has 0 spiro atoms. The van der Waals surface area contributed by atoms with E-state index in [1.165, 1.54) is 16.5 Å². The van der Waals surface area contributed by atoms with Gasteiger partial charge in [0.05, 0.1) is 6.61 Å². The minimum atomic E-state index is 0.684. The minimum absolute atomic E-state index is 0.684. The molecule has 2 rings (SSSR count). The average molecular weight is 190 g/mol. The van der Waals surface area contributed by atoms with Crippen molar-refractivity contribution in [1.29, 1.82) is 0 Å². The molecule has 74 valence electrons. The minimum Gasteiger partial charge on any atom is -0.361 e. The van der Waals surface area contributed by atoms with E-state index in [0.717, 1.165) is 6.54 Å². The summed E-state index contributed by atoms with van der Waals surface area (Å²) in [5, 5.41) is 1.25. The molecule has 0 aliphatic rings. The van der Waals surface area contributed by atoms with E-state index in [1.54, 1.807) is 0 Å². The van der Waals surface area contributed by atoms with E-state index in [0.29, 0.717) is 6.61 Å². The van der Waals surface area contributed by atoms with Gasteiger partial charge in [0.2, 0.25) is 0 Å². The fourth-order valence-corrected chi connectivity index (χ4v) is 1.54. The van der Waals surface area contributed by atoms with Crippen molar-refractivity contribution >= 4 is 10.9 Å². The van der Waals surface area contributed by atoms with Crippen LogP contribution in [-0.4, -0.2) is 11.6 Å². The molecule has 0 bridgehead atoms. The van der Waals surface area contributed by atoms with E-state index < -0.39 is 0 Å². The van der Waals surface area contributed by atoms with Gasteiger partial charge in [-0.15, -0.1) is 0 Å². The fourth-order valence-electron chi connectivity index (χ4n) is 1.54. The zero-order chi connectivity index (χ0) is 9.80. The highest BCUT2D eigenvalue weighted by Crippen LogP contribution is 2.16. The third-order valence-corrected chi connectivity index (χ3v) is 2.19. The van der Waals surface area contributed by atoms with Crippen LogP contribution in [0.15, 0.2) is 30.5 Å². The van der Waals surface area contributed by atoms with Crippen LogP contribution < -0.4 is 5.48 Å². The Morgan fingerprint density at radius 1 is 1.36 bits per heavy atom. The summed E-state index contributed by atoms with van der Waals surface area (Å²) in [6.07, 6.45) is 1.95. The molecular formula is C11H14N2O. The van der Waals surface area contributed by atoms with Crippen molar-refractivity contribution in [3.63, 3.8) is 0 Å². The lowest BCUT2D eigenvalue weighted by Crippen LogP contribution is -2.13. The lowest BCUT2D eigenvalue weighted by atomic mass is 10.1. The monoisotopic (exact) mass is 190 g/mol. The number of aromatic nitrogens is 1. The molecule has 3 heteroatoms. The predicted molar refractivity (Wildman–Crippen MR) is 56.8 cm³/mol. The molecule has 0 atom stereocenters. The van der Waals surface area contributed by atoms with Gasteiger partial charge in [-0.1, -0.05) is 12.1 Å². The molecule has 0 aliphatic heterocycles. The molecule has 1 heterocycles. The van der Waals surface area contributed by atoms with E-state index in [2.05, 4.69) is 28.7 Å². The largest absolute Gasteiger partial charge is 0.361 e. The van der Waals surface area contributed by atoms with E-state index in [-0.39, 0.29) is 0 Å². The zero-order valence-corrected chi connectivity index (χ0v) is 8.21. The lowest BCUT2D eigenvalue weighted by Gasteiger charge is -2.04. The summed E-state index contributed by atoms with van der Waals surface area (Å²) in [6.45, 7) is 3.38. The van der Waals surface area contributed by atoms with Crippen molar-refractivity contribution in [3.8, 4) is 0 Å². The highest BCUT2D eigenvalue weighted by atomic mass is 16.6. The van der Waals surface area contributed by atoms with Gasteiger partial charge < -0.3 is 9.82 Å². The Balaban J connectivity index is 2.19. The fraction of sp³-hybridized carbons (Fsp3) is 0.273. The summed E-state index contributed by atoms with van der Waals surface area (Å²) in [4.78, 5) is 8.28. The SMILES string of the molecule is CCONCc1cccc2[nH]ccc12. The summed E-state index contributed by atoms with van der Waals surface area (Å²) in [5.74, 6) is 0. The highest BCUT2D eigenvalue weighted by Gasteiger charge is 2.00. The van der Waals surface area contributed by atoms with Gasteiger partial charge >= 0.3 is 0 Å². The van der Waals surface area contributed by atoms with Crippen molar-refractivity contribution in [3.05, 3.63) is 36.0 Å². The predicted octanol–water partition coefficient (Wildman–Crippen LogP) is 2.21. The molecule has 0 radical (unpaired) electrons. The van der Waals surface area contributed by atoms with E-state index in [9.17, 15) is 0 Å². The number of hydrogen-bond donors (Lipinski definition) is 2. The molecule has 0 unspecified atom stereocenters. The maximum Gasteiger partial charge on any atom is 0.0654 e. The molecule has 14 heavy (non-hydrogen) atoms. The van der Waals surface area contributed by atoms with Gasteiger partial charge in [-0.25, -0.2) is 0 Å². The van der Waals surface area contributed by atoms with Crippen LogP contribution in [0.2, 0.25) is 0 Å². The molecule has 0 saturated carbocycles. The second-order valence-electron chi connectivity index (χ2n) is 3.11. The maximum atomic E-state index is 5.10. The van der Waals surface area contributed by atoms with Crippen LogP contribution in [0.25, 0.3) is 10.9 Å². The van der Waals surface area contributed by atoms with E-state index in [4.69, 9.17) is 4.84 Å². The van der Waals surface area contributed by atoms with E-state index >= 15 is 0 Å². The number of nitrogens with one attached hydrogen (secondary N) is 2. The standard InChI is InChI=1S/C11H14N2O/c1-2-14-13-8-9-4-3-5-11-10(9)6-7-12-11/h3-7,12-13H,2,8H2,1H3. The number of benzene rings is 1. The van der Waals surface area contributed by atoms with Gasteiger partial charge in [-0.3, -0.25) is 0 Å². The summed E-state index contributed by atoms with van der Waals surface area (Å²) in [5.41, 5.74) is 5.33. The Hall–Kier alpha value is -1.32. The van der Waals surface area contributed by atoms with Gasteiger partial charge in [0, 0.05) is 23.6 Å². The first-order valence-electron chi connectivity index (χ1n) is 4.81. The second-order valence-corrected chi connectivity index (χ2v) is 3.11. The molecular weight excluding hydrogens is 176 g/mol. The number of aromatic amines is 1. The van der Waals surface area contributed by atoms with Crippen LogP contribution in [0, 0.1) is 0 Å². The van der Waals surface area contributed by atoms with Gasteiger partial charge in [-0.05, 0) is 24.6 Å². The van der Waals surface area contributed by atoms with Crippen LogP contribution in [-0.2, 0) is 11.4 Å². The lowest BCUT2D eigenvalue weighted by molar-refractivity contribution is 0.0466. The third kappa shape index (κ3) is 1.78. The number of fused-ring (bicyclic) bond motifs is 1. The van der Waals surface area contributed by atoms with Crippen molar-refractivity contribution in [2.45, 2.75) is 13.5 Å². The quantitative estimate of drug-likeness (QED) is 0.573. The summed E-state index contributed by atoms with van der Waals surface area (Å²) >= 11 is 0. The normalized spacial score (nSPS) is 10.9. The molecule has 0 aliphatic carbocycles. The van der Waals surface area contributed by atoms with Crippen LogP contribution in [0.4, 0.5) is 0 Å². The Morgan fingerprint density at radius 3 is 3.14 bits per heavy atom. The zero-order valence-electron chi connectivity index (χ0n) is 8.21. The molecule has 2 N–H and O–H groups in total. The summed E-state index contributed by atoms with van der Waals surface area (Å²) < 4.78 is 0. The third-order valence-electron chi connectivity index (χ3n) is 2.19. The van der Waals surface area contributed by atoms with Crippen LogP contribution in [0.3, 0.4) is 0 Å². The van der Waals surface area contributed by atoms with Crippen molar-refractivity contribution in [2.75, 3.05) is 6.61 Å². The number of H-pyrrole nitrogens is 1. The maximum absolute atomic E-state index is 5.10. The average Bonchev–Trinajstić information content (AvgIpc) is 2.67. The first-order valence-corrected chi connectivity index (χ1v) is 4.81. The van der Waals surface area contributed by atoms with Gasteiger partial charge in [0.15, 0.2) is 0 Å². The first kappa shape index (κ1) is 9.24. The van der Waals surface area contributed by atoms with Gasteiger partial charge in [-0.2, -0.15) is 5.48 Å². The Kier molecular flexibility index (Phi) is 2.81. The molecule has 3 nitrogen and oxygen atoms in total. The van der Waals surface area contributed by atoms with Crippen molar-refractivity contribution in [1.82, 2.24) is 10.5 Å². The van der Waals surface area contributed by atoms with Crippen molar-refractivity contribution < 1.29 is 4.84 Å². The van der Waals surface area contributed by atoms with Gasteiger partial charge in [0.25, 0.3) is 0 Å². The number of rotatable bonds is 4. The molecule has 0 fully saturated rings. The Labute approximate surface area is 83.0 Å². The molecule has 2 aromatic rings. The van der Waals surface area contributed by atoms with Crippen molar-refractivity contribution in [2.24, 2.45) is 0 Å². The second kappa shape index (κ2) is 4.26. The van der Waals surface area contributed by atoms with Crippen LogP contribution in [0.5, 0.6) is 0 Å². The molecule has 0 saturated heterocycles. The van der Waals surface area contributed by atoms with Gasteiger partial charge in [0.1, 0.15) is 0 Å². The summed E-state index contributed by atoms with van der Waals surface area (Å²) in [6, 6.07) is 8.29. The molecule has 1 aromatic carbocycles. The van der Waals surface area contributed by atoms with Crippen LogP contribution >= 0.6 is 0 Å². The summed E-state index contributed by atoms with van der Waals surface area (Å²) in [7, 11) is 0. The number of hydrogen-bond acceptors (Lipinski definition) is 2. The first-order chi connectivity index (χ1) is 6.92. The molecule has 1 aromatic heterocycles. The smallest absolute Gasteiger partial charge is 0.0654 e.